The zero-order valence-corrected chi connectivity index (χ0v) is 12.9. The van der Waals surface area contributed by atoms with Crippen LogP contribution in [0.2, 0.25) is 0 Å². The lowest BCUT2D eigenvalue weighted by Crippen LogP contribution is -2.18. The van der Waals surface area contributed by atoms with Crippen LogP contribution in [0, 0.1) is 5.92 Å². The number of nitrogens with zero attached hydrogens (tertiary/aromatic N) is 1. The maximum atomic E-state index is 12.1. The Balaban J connectivity index is 1.70. The van der Waals surface area contributed by atoms with Crippen LogP contribution in [-0.4, -0.2) is 10.5 Å². The fraction of sp³-hybridized carbons (Fsp3) is 0.529. The molecule has 1 N–H and O–H groups in total. The van der Waals surface area contributed by atoms with E-state index in [0.29, 0.717) is 30.2 Å². The summed E-state index contributed by atoms with van der Waals surface area (Å²) in [5.74, 6) is 0.197. The molecule has 1 fully saturated rings. The Morgan fingerprint density at radius 2 is 2.09 bits per heavy atom. The van der Waals surface area contributed by atoms with Crippen LogP contribution in [0.15, 0.2) is 27.4 Å². The predicted octanol–water partition coefficient (Wildman–Crippen LogP) is 3.52. The van der Waals surface area contributed by atoms with Crippen molar-refractivity contribution in [2.24, 2.45) is 5.92 Å². The lowest BCUT2D eigenvalue weighted by Gasteiger charge is -2.20. The van der Waals surface area contributed by atoms with Gasteiger partial charge in [-0.15, -0.1) is 0 Å². The van der Waals surface area contributed by atoms with Gasteiger partial charge in [0.25, 0.3) is 0 Å². The number of hydrogen-bond acceptors (Lipinski definition) is 3. The minimum atomic E-state index is -0.358. The Bertz CT molecular complexity index is 723. The van der Waals surface area contributed by atoms with Crippen molar-refractivity contribution in [1.29, 1.82) is 0 Å². The Labute approximate surface area is 129 Å². The number of aromatic nitrogens is 1. The monoisotopic (exact) mass is 302 g/mol. The number of fused-ring (bicyclic) bond motifs is 1. The molecule has 118 valence electrons. The summed E-state index contributed by atoms with van der Waals surface area (Å²) in [5.41, 5.74) is 1.96. The first-order valence-corrected chi connectivity index (χ1v) is 8.10. The molecule has 0 radical (unpaired) electrons. The summed E-state index contributed by atoms with van der Waals surface area (Å²) in [7, 11) is 0. The van der Waals surface area contributed by atoms with E-state index in [-0.39, 0.29) is 11.7 Å². The highest BCUT2D eigenvalue weighted by atomic mass is 16.4. The quantitative estimate of drug-likeness (QED) is 0.939. The largest absolute Gasteiger partial charge is 0.419 e. The molecular formula is C17H22N2O3. The van der Waals surface area contributed by atoms with Crippen molar-refractivity contribution < 1.29 is 9.21 Å². The van der Waals surface area contributed by atoms with E-state index in [1.807, 2.05) is 19.1 Å². The average Bonchev–Trinajstić information content (AvgIpc) is 2.82. The van der Waals surface area contributed by atoms with Gasteiger partial charge in [0.05, 0.1) is 5.52 Å². The summed E-state index contributed by atoms with van der Waals surface area (Å²) < 4.78 is 6.79. The summed E-state index contributed by atoms with van der Waals surface area (Å²) in [4.78, 5) is 23.8. The Morgan fingerprint density at radius 3 is 2.82 bits per heavy atom. The van der Waals surface area contributed by atoms with Gasteiger partial charge < -0.3 is 9.73 Å². The van der Waals surface area contributed by atoms with Crippen molar-refractivity contribution in [2.75, 3.05) is 5.32 Å². The molecule has 5 nitrogen and oxygen atoms in total. The molecule has 22 heavy (non-hydrogen) atoms. The Morgan fingerprint density at radius 1 is 1.32 bits per heavy atom. The molecule has 5 heteroatoms. The van der Waals surface area contributed by atoms with Crippen LogP contribution in [0.1, 0.15) is 45.4 Å². The van der Waals surface area contributed by atoms with E-state index < -0.39 is 0 Å². The van der Waals surface area contributed by atoms with E-state index in [9.17, 15) is 9.59 Å². The van der Waals surface area contributed by atoms with Gasteiger partial charge in [-0.2, -0.15) is 0 Å². The maximum absolute atomic E-state index is 12.1. The van der Waals surface area contributed by atoms with Crippen molar-refractivity contribution in [3.63, 3.8) is 0 Å². The molecule has 1 aromatic heterocycles. The van der Waals surface area contributed by atoms with Crippen molar-refractivity contribution in [2.45, 2.75) is 52.0 Å². The van der Waals surface area contributed by atoms with E-state index in [1.54, 1.807) is 10.6 Å². The molecule has 2 aromatic rings. The third-order valence-electron chi connectivity index (χ3n) is 4.47. The van der Waals surface area contributed by atoms with Gasteiger partial charge in [0, 0.05) is 24.7 Å². The Kier molecular flexibility index (Phi) is 4.32. The van der Waals surface area contributed by atoms with Gasteiger partial charge in [0.1, 0.15) is 0 Å². The molecule has 0 atom stereocenters. The number of anilines is 1. The average molecular weight is 302 g/mol. The van der Waals surface area contributed by atoms with Crippen molar-refractivity contribution in [1.82, 2.24) is 4.57 Å². The van der Waals surface area contributed by atoms with Crippen LogP contribution in [0.25, 0.3) is 11.1 Å². The van der Waals surface area contributed by atoms with E-state index >= 15 is 0 Å². The SMILES string of the molecule is CCn1c(=O)oc2cc(NC(=O)CC3CCCCC3)ccc21. The van der Waals surface area contributed by atoms with Crippen molar-refractivity contribution >= 4 is 22.7 Å². The summed E-state index contributed by atoms with van der Waals surface area (Å²) in [6.07, 6.45) is 6.65. The minimum absolute atomic E-state index is 0.0449. The molecule has 0 unspecified atom stereocenters. The third-order valence-corrected chi connectivity index (χ3v) is 4.47. The standard InChI is InChI=1S/C17H22N2O3/c1-2-19-14-9-8-13(11-15(14)22-17(19)21)18-16(20)10-12-6-4-3-5-7-12/h8-9,11-12H,2-7,10H2,1H3,(H,18,20). The number of amides is 1. The van der Waals surface area contributed by atoms with Crippen LogP contribution >= 0.6 is 0 Å². The second-order valence-corrected chi connectivity index (χ2v) is 6.05. The van der Waals surface area contributed by atoms with Gasteiger partial charge in [0.2, 0.25) is 5.91 Å². The van der Waals surface area contributed by atoms with E-state index in [2.05, 4.69) is 5.32 Å². The fourth-order valence-corrected chi connectivity index (χ4v) is 3.31. The van der Waals surface area contributed by atoms with Gasteiger partial charge in [-0.05, 0) is 37.8 Å². The predicted molar refractivity (Wildman–Crippen MR) is 86.0 cm³/mol. The van der Waals surface area contributed by atoms with Crippen molar-refractivity contribution in [3.05, 3.63) is 28.7 Å². The van der Waals surface area contributed by atoms with E-state index in [0.717, 1.165) is 18.4 Å². The zero-order chi connectivity index (χ0) is 15.5. The highest BCUT2D eigenvalue weighted by Crippen LogP contribution is 2.27. The first-order chi connectivity index (χ1) is 10.7. The van der Waals surface area contributed by atoms with Gasteiger partial charge in [-0.1, -0.05) is 19.3 Å². The van der Waals surface area contributed by atoms with Gasteiger partial charge in [-0.25, -0.2) is 4.79 Å². The highest BCUT2D eigenvalue weighted by molar-refractivity contribution is 5.92. The molecule has 0 aliphatic heterocycles. The van der Waals surface area contributed by atoms with Gasteiger partial charge >= 0.3 is 5.76 Å². The maximum Gasteiger partial charge on any atom is 0.419 e. The molecule has 1 aromatic carbocycles. The molecule has 3 rings (SSSR count). The molecule has 0 bridgehead atoms. The topological polar surface area (TPSA) is 64.2 Å². The van der Waals surface area contributed by atoms with Crippen LogP contribution < -0.4 is 11.1 Å². The van der Waals surface area contributed by atoms with Crippen LogP contribution in [0.5, 0.6) is 0 Å². The lowest BCUT2D eigenvalue weighted by molar-refractivity contribution is -0.117. The summed E-state index contributed by atoms with van der Waals surface area (Å²) in [5, 5.41) is 2.92. The normalized spacial score (nSPS) is 16.0. The molecule has 1 aliphatic carbocycles. The number of carbonyl (C=O) groups excluding carboxylic acids is 1. The zero-order valence-electron chi connectivity index (χ0n) is 12.9. The number of rotatable bonds is 4. The highest BCUT2D eigenvalue weighted by Gasteiger charge is 2.17. The smallest absolute Gasteiger partial charge is 0.408 e. The summed E-state index contributed by atoms with van der Waals surface area (Å²) >= 11 is 0. The minimum Gasteiger partial charge on any atom is -0.408 e. The second-order valence-electron chi connectivity index (χ2n) is 6.05. The number of benzene rings is 1. The van der Waals surface area contributed by atoms with Gasteiger partial charge in [-0.3, -0.25) is 9.36 Å². The van der Waals surface area contributed by atoms with Crippen LogP contribution in [-0.2, 0) is 11.3 Å². The molecule has 0 spiro atoms. The number of nitrogens with one attached hydrogen (secondary N) is 1. The van der Waals surface area contributed by atoms with E-state index in [4.69, 9.17) is 4.42 Å². The molecule has 0 saturated heterocycles. The molecule has 1 aliphatic rings. The summed E-state index contributed by atoms with van der Waals surface area (Å²) in [6, 6.07) is 5.36. The lowest BCUT2D eigenvalue weighted by atomic mass is 9.87. The molecule has 1 saturated carbocycles. The number of hydrogen-bond donors (Lipinski definition) is 1. The number of carbonyl (C=O) groups is 1. The van der Waals surface area contributed by atoms with E-state index in [1.165, 1.54) is 19.3 Å². The summed E-state index contributed by atoms with van der Waals surface area (Å²) in [6.45, 7) is 2.47. The van der Waals surface area contributed by atoms with Gasteiger partial charge in [0.15, 0.2) is 5.58 Å². The van der Waals surface area contributed by atoms with Crippen LogP contribution in [0.4, 0.5) is 5.69 Å². The Hall–Kier alpha value is -2.04. The number of oxazole rings is 1. The molecule has 1 heterocycles. The molecule has 1 amide bonds. The third kappa shape index (κ3) is 3.08. The fourth-order valence-electron chi connectivity index (χ4n) is 3.31. The van der Waals surface area contributed by atoms with Crippen molar-refractivity contribution in [3.8, 4) is 0 Å². The first-order valence-electron chi connectivity index (χ1n) is 8.10. The first kappa shape index (κ1) is 14.9. The second kappa shape index (κ2) is 6.38. The molecular weight excluding hydrogens is 280 g/mol. The van der Waals surface area contributed by atoms with Crippen LogP contribution in [0.3, 0.4) is 0 Å². The number of aryl methyl sites for hydroxylation is 1.